The van der Waals surface area contributed by atoms with Gasteiger partial charge in [-0.25, -0.2) is 0 Å². The smallest absolute Gasteiger partial charge is 0.193 e. The molecule has 0 atom stereocenters. The van der Waals surface area contributed by atoms with Crippen molar-refractivity contribution in [3.8, 4) is 0 Å². The zero-order valence-corrected chi connectivity index (χ0v) is 20.8. The van der Waals surface area contributed by atoms with Crippen LogP contribution in [-0.2, 0) is 16.7 Å². The summed E-state index contributed by atoms with van der Waals surface area (Å²) in [6.45, 7) is 7.72. The van der Waals surface area contributed by atoms with E-state index >= 15 is 0 Å². The number of nitrogens with one attached hydrogen (secondary N) is 1. The predicted octanol–water partition coefficient (Wildman–Crippen LogP) is 3.75. The molecule has 2 fully saturated rings. The molecule has 0 aromatic heterocycles. The molecular weight excluding hydrogens is 499 g/mol. The first kappa shape index (κ1) is 24.0. The van der Waals surface area contributed by atoms with E-state index in [9.17, 15) is 0 Å². The van der Waals surface area contributed by atoms with Crippen LogP contribution in [0, 0.1) is 0 Å². The minimum atomic E-state index is 0. The van der Waals surface area contributed by atoms with Crippen LogP contribution in [0.3, 0.4) is 0 Å². The van der Waals surface area contributed by atoms with Crippen LogP contribution in [0.4, 0.5) is 0 Å². The van der Waals surface area contributed by atoms with E-state index in [1.807, 2.05) is 7.05 Å². The van der Waals surface area contributed by atoms with Crippen molar-refractivity contribution >= 4 is 29.9 Å². The third-order valence-corrected chi connectivity index (χ3v) is 6.55. The molecule has 0 unspecified atom stereocenters. The molecule has 2 aliphatic rings. The van der Waals surface area contributed by atoms with Gasteiger partial charge in [0.05, 0.1) is 0 Å². The molecule has 6 heteroatoms. The van der Waals surface area contributed by atoms with E-state index in [4.69, 9.17) is 4.74 Å². The summed E-state index contributed by atoms with van der Waals surface area (Å²) in [5.74, 6) is 1.02. The second kappa shape index (κ2) is 11.8. The molecule has 0 radical (unpaired) electrons. The highest BCUT2D eigenvalue weighted by molar-refractivity contribution is 14.0. The van der Waals surface area contributed by atoms with Crippen LogP contribution in [0.2, 0.25) is 0 Å². The van der Waals surface area contributed by atoms with E-state index in [0.717, 1.165) is 71.3 Å². The van der Waals surface area contributed by atoms with Crippen LogP contribution in [-0.4, -0.2) is 68.7 Å². The van der Waals surface area contributed by atoms with Crippen LogP contribution < -0.4 is 5.32 Å². The van der Waals surface area contributed by atoms with Crippen molar-refractivity contribution in [1.29, 1.82) is 0 Å². The summed E-state index contributed by atoms with van der Waals surface area (Å²) in [4.78, 5) is 9.54. The lowest BCUT2D eigenvalue weighted by Gasteiger charge is -2.40. The topological polar surface area (TPSA) is 40.1 Å². The van der Waals surface area contributed by atoms with Gasteiger partial charge in [0.2, 0.25) is 0 Å². The molecule has 0 aliphatic carbocycles. The standard InChI is InChI=1S/C25H34N4O.HI/c1-26-24(29-16-14-28(15-17-29)20-22-8-4-2-5-9-22)27-21-25(12-18-30-19-13-25)23-10-6-3-7-11-23;/h2-11H,12-21H2,1H3,(H,26,27);1H. The van der Waals surface area contributed by atoms with Crippen LogP contribution in [0.15, 0.2) is 65.7 Å². The molecule has 1 N–H and O–H groups in total. The van der Waals surface area contributed by atoms with Crippen molar-refractivity contribution in [2.24, 2.45) is 4.99 Å². The molecule has 4 rings (SSSR count). The monoisotopic (exact) mass is 534 g/mol. The Labute approximate surface area is 203 Å². The maximum Gasteiger partial charge on any atom is 0.193 e. The Bertz CT molecular complexity index is 801. The highest BCUT2D eigenvalue weighted by Crippen LogP contribution is 2.34. The average molecular weight is 534 g/mol. The number of aliphatic imine (C=N–C) groups is 1. The van der Waals surface area contributed by atoms with Gasteiger partial charge in [0.1, 0.15) is 0 Å². The summed E-state index contributed by atoms with van der Waals surface area (Å²) < 4.78 is 5.68. The fourth-order valence-corrected chi connectivity index (χ4v) is 4.66. The zero-order valence-electron chi connectivity index (χ0n) is 18.5. The number of halogens is 1. The summed E-state index contributed by atoms with van der Waals surface area (Å²) in [5, 5.41) is 3.71. The highest BCUT2D eigenvalue weighted by atomic mass is 127. The number of hydrogen-bond acceptors (Lipinski definition) is 3. The molecule has 2 aromatic rings. The number of piperazine rings is 1. The summed E-state index contributed by atoms with van der Waals surface area (Å²) in [7, 11) is 1.90. The van der Waals surface area contributed by atoms with Crippen molar-refractivity contribution in [1.82, 2.24) is 15.1 Å². The van der Waals surface area contributed by atoms with Gasteiger partial charge in [0.15, 0.2) is 5.96 Å². The lowest BCUT2D eigenvalue weighted by atomic mass is 9.74. The van der Waals surface area contributed by atoms with Crippen LogP contribution >= 0.6 is 24.0 Å². The summed E-state index contributed by atoms with van der Waals surface area (Å²) in [6, 6.07) is 21.7. The summed E-state index contributed by atoms with van der Waals surface area (Å²) in [6.07, 6.45) is 2.09. The van der Waals surface area contributed by atoms with Crippen molar-refractivity contribution < 1.29 is 4.74 Å². The first-order chi connectivity index (χ1) is 14.8. The molecule has 2 aromatic carbocycles. The predicted molar refractivity (Wildman–Crippen MR) is 138 cm³/mol. The molecule has 2 saturated heterocycles. The van der Waals surface area contributed by atoms with Crippen molar-refractivity contribution in [3.63, 3.8) is 0 Å². The van der Waals surface area contributed by atoms with E-state index in [2.05, 4.69) is 80.8 Å². The third-order valence-electron chi connectivity index (χ3n) is 6.55. The molecule has 168 valence electrons. The summed E-state index contributed by atoms with van der Waals surface area (Å²) >= 11 is 0. The Morgan fingerprint density at radius 1 is 0.935 bits per heavy atom. The fraction of sp³-hybridized carbons (Fsp3) is 0.480. The van der Waals surface area contributed by atoms with Gasteiger partial charge in [0.25, 0.3) is 0 Å². The second-order valence-electron chi connectivity index (χ2n) is 8.41. The van der Waals surface area contributed by atoms with Gasteiger partial charge in [-0.1, -0.05) is 60.7 Å². The number of guanidine groups is 1. The Hall–Kier alpha value is -1.64. The quantitative estimate of drug-likeness (QED) is 0.361. The number of hydrogen-bond donors (Lipinski definition) is 1. The lowest BCUT2D eigenvalue weighted by Crippen LogP contribution is -2.54. The van der Waals surface area contributed by atoms with Gasteiger partial charge in [-0.15, -0.1) is 24.0 Å². The SMILES string of the molecule is CN=C(NCC1(c2ccccc2)CCOCC1)N1CCN(Cc2ccccc2)CC1.I. The number of nitrogens with zero attached hydrogens (tertiary/aromatic N) is 3. The third kappa shape index (κ3) is 6.20. The van der Waals surface area contributed by atoms with Gasteiger partial charge in [-0.05, 0) is 24.0 Å². The van der Waals surface area contributed by atoms with E-state index in [1.54, 1.807) is 0 Å². The van der Waals surface area contributed by atoms with Gasteiger partial charge >= 0.3 is 0 Å². The maximum absolute atomic E-state index is 5.68. The highest BCUT2D eigenvalue weighted by Gasteiger charge is 2.35. The molecule has 0 saturated carbocycles. The maximum atomic E-state index is 5.68. The Morgan fingerprint density at radius 3 is 2.16 bits per heavy atom. The number of rotatable bonds is 5. The van der Waals surface area contributed by atoms with Crippen molar-refractivity contribution in [2.75, 3.05) is 53.0 Å². The van der Waals surface area contributed by atoms with Crippen LogP contribution in [0.1, 0.15) is 24.0 Å². The van der Waals surface area contributed by atoms with E-state index in [-0.39, 0.29) is 29.4 Å². The van der Waals surface area contributed by atoms with Gasteiger partial charge in [-0.2, -0.15) is 0 Å². The zero-order chi connectivity index (χ0) is 20.7. The van der Waals surface area contributed by atoms with Crippen molar-refractivity contribution in [3.05, 3.63) is 71.8 Å². The molecule has 2 heterocycles. The van der Waals surface area contributed by atoms with Crippen LogP contribution in [0.5, 0.6) is 0 Å². The van der Waals surface area contributed by atoms with E-state index in [1.165, 1.54) is 11.1 Å². The van der Waals surface area contributed by atoms with Gasteiger partial charge < -0.3 is 15.0 Å². The van der Waals surface area contributed by atoms with E-state index in [0.29, 0.717) is 0 Å². The average Bonchev–Trinajstić information content (AvgIpc) is 2.82. The second-order valence-corrected chi connectivity index (χ2v) is 8.41. The molecule has 2 aliphatic heterocycles. The number of benzene rings is 2. The molecule has 31 heavy (non-hydrogen) atoms. The summed E-state index contributed by atoms with van der Waals surface area (Å²) in [5.41, 5.74) is 2.91. The Balaban J connectivity index is 0.00000272. The van der Waals surface area contributed by atoms with Crippen LogP contribution in [0.25, 0.3) is 0 Å². The van der Waals surface area contributed by atoms with E-state index < -0.39 is 0 Å². The van der Waals surface area contributed by atoms with Gasteiger partial charge in [0, 0.05) is 64.9 Å². The normalized spacial score (nSPS) is 19.5. The Kier molecular flexibility index (Phi) is 9.16. The van der Waals surface area contributed by atoms with Gasteiger partial charge in [-0.3, -0.25) is 9.89 Å². The first-order valence-electron chi connectivity index (χ1n) is 11.1. The minimum Gasteiger partial charge on any atom is -0.381 e. The largest absolute Gasteiger partial charge is 0.381 e. The Morgan fingerprint density at radius 2 is 1.55 bits per heavy atom. The molecule has 0 bridgehead atoms. The lowest BCUT2D eigenvalue weighted by molar-refractivity contribution is 0.0510. The molecule has 0 amide bonds. The molecule has 5 nitrogen and oxygen atoms in total. The molecule has 0 spiro atoms. The van der Waals surface area contributed by atoms with Crippen molar-refractivity contribution in [2.45, 2.75) is 24.8 Å². The minimum absolute atomic E-state index is 0. The number of ether oxygens (including phenoxy) is 1. The first-order valence-corrected chi connectivity index (χ1v) is 11.1. The fourth-order valence-electron chi connectivity index (χ4n) is 4.66. The molecular formula is C25H35IN4O.